The summed E-state index contributed by atoms with van der Waals surface area (Å²) < 4.78 is 20.7. The van der Waals surface area contributed by atoms with Crippen LogP contribution in [0, 0.1) is 5.82 Å². The zero-order chi connectivity index (χ0) is 16.9. The molecule has 0 spiro atoms. The van der Waals surface area contributed by atoms with Gasteiger partial charge in [0.1, 0.15) is 11.6 Å². The molecule has 2 aromatic carbocycles. The Labute approximate surface area is 139 Å². The number of fused-ring (bicyclic) bond motifs is 1. The SMILES string of the molecule is CNC(=O)CCOc1ccc2c(ccn2Cc2ccc(F)cc2)c1. The molecule has 1 N–H and O–H groups in total. The van der Waals surface area contributed by atoms with Crippen LogP contribution in [0.25, 0.3) is 10.9 Å². The molecule has 1 heterocycles. The van der Waals surface area contributed by atoms with Crippen LogP contribution in [0.2, 0.25) is 0 Å². The van der Waals surface area contributed by atoms with Gasteiger partial charge in [0.2, 0.25) is 5.91 Å². The van der Waals surface area contributed by atoms with E-state index in [2.05, 4.69) is 9.88 Å². The quantitative estimate of drug-likeness (QED) is 0.755. The molecule has 0 bridgehead atoms. The lowest BCUT2D eigenvalue weighted by Crippen LogP contribution is -2.20. The molecular weight excluding hydrogens is 307 g/mol. The van der Waals surface area contributed by atoms with Crippen molar-refractivity contribution in [1.82, 2.24) is 9.88 Å². The molecule has 0 saturated carbocycles. The number of carbonyl (C=O) groups is 1. The van der Waals surface area contributed by atoms with Gasteiger partial charge in [-0.15, -0.1) is 0 Å². The molecule has 124 valence electrons. The van der Waals surface area contributed by atoms with Crippen molar-refractivity contribution in [1.29, 1.82) is 0 Å². The second kappa shape index (κ2) is 7.17. The molecule has 0 saturated heterocycles. The van der Waals surface area contributed by atoms with Crippen LogP contribution < -0.4 is 10.1 Å². The highest BCUT2D eigenvalue weighted by Crippen LogP contribution is 2.23. The van der Waals surface area contributed by atoms with Crippen molar-refractivity contribution in [3.8, 4) is 5.75 Å². The van der Waals surface area contributed by atoms with Crippen LogP contribution in [-0.2, 0) is 11.3 Å². The Balaban J connectivity index is 1.71. The van der Waals surface area contributed by atoms with Crippen molar-refractivity contribution in [2.45, 2.75) is 13.0 Å². The van der Waals surface area contributed by atoms with Crippen LogP contribution in [0.5, 0.6) is 5.75 Å². The Morgan fingerprint density at radius 2 is 1.96 bits per heavy atom. The number of amides is 1. The Bertz CT molecular complexity index is 840. The topological polar surface area (TPSA) is 43.3 Å². The molecule has 5 heteroatoms. The molecule has 0 unspecified atom stereocenters. The van der Waals surface area contributed by atoms with E-state index in [1.54, 1.807) is 19.2 Å². The van der Waals surface area contributed by atoms with Gasteiger partial charge in [-0.2, -0.15) is 0 Å². The first-order chi connectivity index (χ1) is 11.7. The normalized spacial score (nSPS) is 10.8. The summed E-state index contributed by atoms with van der Waals surface area (Å²) >= 11 is 0. The van der Waals surface area contributed by atoms with Gasteiger partial charge in [0.05, 0.1) is 13.0 Å². The fourth-order valence-electron chi connectivity index (χ4n) is 2.58. The summed E-state index contributed by atoms with van der Waals surface area (Å²) in [5.41, 5.74) is 2.12. The van der Waals surface area contributed by atoms with Gasteiger partial charge in [-0.25, -0.2) is 4.39 Å². The zero-order valence-electron chi connectivity index (χ0n) is 13.5. The number of hydrogen-bond acceptors (Lipinski definition) is 2. The molecule has 0 atom stereocenters. The summed E-state index contributed by atoms with van der Waals surface area (Å²) in [5, 5.41) is 3.63. The predicted molar refractivity (Wildman–Crippen MR) is 91.6 cm³/mol. The fraction of sp³-hybridized carbons (Fsp3) is 0.211. The average Bonchev–Trinajstić information content (AvgIpc) is 2.99. The maximum Gasteiger partial charge on any atom is 0.223 e. The first-order valence-electron chi connectivity index (χ1n) is 7.82. The monoisotopic (exact) mass is 326 g/mol. The predicted octanol–water partition coefficient (Wildman–Crippen LogP) is 3.34. The van der Waals surface area contributed by atoms with Crippen molar-refractivity contribution in [2.75, 3.05) is 13.7 Å². The van der Waals surface area contributed by atoms with E-state index in [-0.39, 0.29) is 11.7 Å². The molecule has 0 aliphatic carbocycles. The van der Waals surface area contributed by atoms with Gasteiger partial charge in [0, 0.05) is 30.7 Å². The molecule has 4 nitrogen and oxygen atoms in total. The van der Waals surface area contributed by atoms with E-state index in [1.807, 2.05) is 30.5 Å². The smallest absolute Gasteiger partial charge is 0.223 e. The molecule has 3 aromatic rings. The molecular formula is C19H19FN2O2. The van der Waals surface area contributed by atoms with Gasteiger partial charge in [-0.3, -0.25) is 4.79 Å². The highest BCUT2D eigenvalue weighted by atomic mass is 19.1. The second-order valence-corrected chi connectivity index (χ2v) is 5.56. The van der Waals surface area contributed by atoms with Crippen LogP contribution in [0.4, 0.5) is 4.39 Å². The van der Waals surface area contributed by atoms with Crippen LogP contribution >= 0.6 is 0 Å². The van der Waals surface area contributed by atoms with Gasteiger partial charge in [0.25, 0.3) is 0 Å². The minimum Gasteiger partial charge on any atom is -0.493 e. The lowest BCUT2D eigenvalue weighted by molar-refractivity contribution is -0.121. The van der Waals surface area contributed by atoms with Gasteiger partial charge in [-0.05, 0) is 42.0 Å². The molecule has 0 radical (unpaired) electrons. The average molecular weight is 326 g/mol. The number of ether oxygens (including phenoxy) is 1. The Morgan fingerprint density at radius 1 is 1.17 bits per heavy atom. The van der Waals surface area contributed by atoms with E-state index in [0.29, 0.717) is 19.6 Å². The number of hydrogen-bond donors (Lipinski definition) is 1. The number of nitrogens with zero attached hydrogens (tertiary/aromatic N) is 1. The van der Waals surface area contributed by atoms with Crippen molar-refractivity contribution in [3.63, 3.8) is 0 Å². The molecule has 3 rings (SSSR count). The van der Waals surface area contributed by atoms with Crippen molar-refractivity contribution in [2.24, 2.45) is 0 Å². The fourth-order valence-corrected chi connectivity index (χ4v) is 2.58. The number of nitrogens with one attached hydrogen (secondary N) is 1. The van der Waals surface area contributed by atoms with Gasteiger partial charge in [-0.1, -0.05) is 12.1 Å². The van der Waals surface area contributed by atoms with Crippen molar-refractivity contribution < 1.29 is 13.9 Å². The summed E-state index contributed by atoms with van der Waals surface area (Å²) in [6, 6.07) is 14.4. The third kappa shape index (κ3) is 3.74. The summed E-state index contributed by atoms with van der Waals surface area (Å²) in [5.74, 6) is 0.474. The Hall–Kier alpha value is -2.82. The van der Waals surface area contributed by atoms with Gasteiger partial charge in [0.15, 0.2) is 0 Å². The molecule has 1 amide bonds. The number of carbonyl (C=O) groups excluding carboxylic acids is 1. The summed E-state index contributed by atoms with van der Waals surface area (Å²) in [6.07, 6.45) is 2.34. The van der Waals surface area contributed by atoms with Crippen LogP contribution in [0.1, 0.15) is 12.0 Å². The first-order valence-corrected chi connectivity index (χ1v) is 7.82. The largest absolute Gasteiger partial charge is 0.493 e. The van der Waals surface area contributed by atoms with Gasteiger partial charge >= 0.3 is 0 Å². The van der Waals surface area contributed by atoms with Gasteiger partial charge < -0.3 is 14.6 Å². The molecule has 24 heavy (non-hydrogen) atoms. The van der Waals surface area contributed by atoms with Crippen molar-refractivity contribution >= 4 is 16.8 Å². The number of halogens is 1. The molecule has 1 aromatic heterocycles. The zero-order valence-corrected chi connectivity index (χ0v) is 13.5. The molecule has 0 aliphatic heterocycles. The highest BCUT2D eigenvalue weighted by Gasteiger charge is 2.05. The Morgan fingerprint density at radius 3 is 2.71 bits per heavy atom. The van der Waals surface area contributed by atoms with E-state index in [9.17, 15) is 9.18 Å². The third-order valence-electron chi connectivity index (χ3n) is 3.89. The summed E-state index contributed by atoms with van der Waals surface area (Å²) in [7, 11) is 1.61. The van der Waals surface area contributed by atoms with E-state index in [1.165, 1.54) is 12.1 Å². The third-order valence-corrected chi connectivity index (χ3v) is 3.89. The molecule has 0 fully saturated rings. The van der Waals surface area contributed by atoms with E-state index in [4.69, 9.17) is 4.74 Å². The highest BCUT2D eigenvalue weighted by molar-refractivity contribution is 5.81. The van der Waals surface area contributed by atoms with E-state index >= 15 is 0 Å². The number of aromatic nitrogens is 1. The Kier molecular flexibility index (Phi) is 4.79. The van der Waals surface area contributed by atoms with Crippen molar-refractivity contribution in [3.05, 3.63) is 66.1 Å². The van der Waals surface area contributed by atoms with E-state index in [0.717, 1.165) is 22.2 Å². The van der Waals surface area contributed by atoms with Crippen LogP contribution in [0.3, 0.4) is 0 Å². The minimum absolute atomic E-state index is 0.0403. The summed E-state index contributed by atoms with van der Waals surface area (Å²) in [4.78, 5) is 11.2. The number of rotatable bonds is 6. The number of benzene rings is 2. The molecule has 0 aliphatic rings. The maximum atomic E-state index is 13.0. The lowest BCUT2D eigenvalue weighted by atomic mass is 10.2. The summed E-state index contributed by atoms with van der Waals surface area (Å²) in [6.45, 7) is 1.03. The first kappa shape index (κ1) is 16.1. The second-order valence-electron chi connectivity index (χ2n) is 5.56. The van der Waals surface area contributed by atoms with E-state index < -0.39 is 0 Å². The minimum atomic E-state index is -0.227. The van der Waals surface area contributed by atoms with Crippen LogP contribution in [-0.4, -0.2) is 24.1 Å². The standard InChI is InChI=1S/C19H19FN2O2/c1-21-19(23)9-11-24-17-6-7-18-15(12-17)8-10-22(18)13-14-2-4-16(20)5-3-14/h2-8,10,12H,9,11,13H2,1H3,(H,21,23). The maximum absolute atomic E-state index is 13.0. The van der Waals surface area contributed by atoms with Crippen LogP contribution in [0.15, 0.2) is 54.7 Å². The lowest BCUT2D eigenvalue weighted by Gasteiger charge is -2.08.